The number of anilines is 1. The fourth-order valence-electron chi connectivity index (χ4n) is 2.57. The monoisotopic (exact) mass is 246 g/mol. The molecule has 0 bridgehead atoms. The number of nitrogens with one attached hydrogen (secondary N) is 2. The molecule has 1 saturated carbocycles. The van der Waals surface area contributed by atoms with E-state index < -0.39 is 0 Å². The molecule has 1 aliphatic carbocycles. The van der Waals surface area contributed by atoms with Crippen molar-refractivity contribution in [3.8, 4) is 0 Å². The van der Waals surface area contributed by atoms with Crippen LogP contribution in [0.2, 0.25) is 0 Å². The first-order chi connectivity index (χ1) is 8.75. The number of aryl methyl sites for hydroxylation is 1. The lowest BCUT2D eigenvalue weighted by Gasteiger charge is -2.11. The smallest absolute Gasteiger partial charge is 0.319 e. The zero-order chi connectivity index (χ0) is 12.8. The zero-order valence-electron chi connectivity index (χ0n) is 11.0. The summed E-state index contributed by atoms with van der Waals surface area (Å²) in [5.74, 6) is 0.823. The van der Waals surface area contributed by atoms with E-state index in [1.165, 1.54) is 25.7 Å². The van der Waals surface area contributed by atoms with Crippen LogP contribution < -0.4 is 10.6 Å². The van der Waals surface area contributed by atoms with E-state index in [-0.39, 0.29) is 6.03 Å². The van der Waals surface area contributed by atoms with Gasteiger partial charge >= 0.3 is 6.03 Å². The van der Waals surface area contributed by atoms with Crippen molar-refractivity contribution in [1.82, 2.24) is 5.32 Å². The summed E-state index contributed by atoms with van der Waals surface area (Å²) in [7, 11) is 0. The molecule has 0 atom stereocenters. The molecule has 0 aliphatic heterocycles. The van der Waals surface area contributed by atoms with E-state index in [2.05, 4.69) is 10.6 Å². The summed E-state index contributed by atoms with van der Waals surface area (Å²) in [5, 5.41) is 5.82. The first kappa shape index (κ1) is 12.9. The first-order valence-electron chi connectivity index (χ1n) is 6.86. The molecule has 0 saturated heterocycles. The molecule has 2 rings (SSSR count). The van der Waals surface area contributed by atoms with Crippen molar-refractivity contribution in [1.29, 1.82) is 0 Å². The lowest BCUT2D eigenvalue weighted by molar-refractivity contribution is 0.251. The van der Waals surface area contributed by atoms with Crippen molar-refractivity contribution in [2.75, 3.05) is 11.9 Å². The number of para-hydroxylation sites is 1. The molecule has 0 unspecified atom stereocenters. The molecule has 2 N–H and O–H groups in total. The van der Waals surface area contributed by atoms with Crippen molar-refractivity contribution in [3.05, 3.63) is 29.8 Å². The van der Waals surface area contributed by atoms with Gasteiger partial charge in [0.2, 0.25) is 0 Å². The third-order valence-electron chi connectivity index (χ3n) is 3.71. The maximum atomic E-state index is 11.7. The van der Waals surface area contributed by atoms with E-state index in [1.54, 1.807) is 0 Å². The molecule has 3 heteroatoms. The minimum atomic E-state index is -0.0951. The number of hydrogen-bond acceptors (Lipinski definition) is 1. The van der Waals surface area contributed by atoms with Gasteiger partial charge in [0, 0.05) is 12.2 Å². The van der Waals surface area contributed by atoms with Crippen LogP contribution in [0.25, 0.3) is 0 Å². The van der Waals surface area contributed by atoms with Gasteiger partial charge in [-0.3, -0.25) is 0 Å². The second kappa shape index (κ2) is 6.43. The van der Waals surface area contributed by atoms with Gasteiger partial charge in [0.05, 0.1) is 0 Å². The van der Waals surface area contributed by atoms with Crippen LogP contribution in [0.15, 0.2) is 24.3 Å². The number of amides is 2. The second-order valence-electron chi connectivity index (χ2n) is 5.13. The second-order valence-corrected chi connectivity index (χ2v) is 5.13. The summed E-state index contributed by atoms with van der Waals surface area (Å²) in [6.45, 7) is 2.77. The van der Waals surface area contributed by atoms with E-state index in [4.69, 9.17) is 0 Å². The summed E-state index contributed by atoms with van der Waals surface area (Å²) >= 11 is 0. The van der Waals surface area contributed by atoms with Crippen LogP contribution in [-0.4, -0.2) is 12.6 Å². The lowest BCUT2D eigenvalue weighted by atomic mass is 10.0. The molecular weight excluding hydrogens is 224 g/mol. The van der Waals surface area contributed by atoms with E-state index in [9.17, 15) is 4.79 Å². The van der Waals surface area contributed by atoms with E-state index in [1.807, 2.05) is 31.2 Å². The van der Waals surface area contributed by atoms with Crippen LogP contribution >= 0.6 is 0 Å². The number of benzene rings is 1. The topological polar surface area (TPSA) is 41.1 Å². The molecule has 1 fully saturated rings. The minimum Gasteiger partial charge on any atom is -0.338 e. The van der Waals surface area contributed by atoms with Crippen molar-refractivity contribution in [2.24, 2.45) is 5.92 Å². The van der Waals surface area contributed by atoms with E-state index in [0.29, 0.717) is 0 Å². The molecule has 18 heavy (non-hydrogen) atoms. The minimum absolute atomic E-state index is 0.0951. The summed E-state index contributed by atoms with van der Waals surface area (Å²) < 4.78 is 0. The number of rotatable bonds is 4. The summed E-state index contributed by atoms with van der Waals surface area (Å²) in [6, 6.07) is 7.72. The maximum Gasteiger partial charge on any atom is 0.319 e. The Balaban J connectivity index is 1.70. The number of carbonyl (C=O) groups excluding carboxylic acids is 1. The Hall–Kier alpha value is -1.51. The SMILES string of the molecule is Cc1ccccc1NC(=O)NCCC1CCCC1. The summed E-state index contributed by atoms with van der Waals surface area (Å²) in [4.78, 5) is 11.7. The number of carbonyl (C=O) groups is 1. The Bertz CT molecular complexity index is 397. The largest absolute Gasteiger partial charge is 0.338 e. The third kappa shape index (κ3) is 3.76. The molecule has 1 aromatic rings. The highest BCUT2D eigenvalue weighted by Crippen LogP contribution is 2.26. The quantitative estimate of drug-likeness (QED) is 0.835. The van der Waals surface area contributed by atoms with Gasteiger partial charge in [-0.2, -0.15) is 0 Å². The molecule has 1 aromatic carbocycles. The highest BCUT2D eigenvalue weighted by atomic mass is 16.2. The van der Waals surface area contributed by atoms with Gasteiger partial charge in [-0.25, -0.2) is 4.79 Å². The van der Waals surface area contributed by atoms with Gasteiger partial charge < -0.3 is 10.6 Å². The molecule has 3 nitrogen and oxygen atoms in total. The van der Waals surface area contributed by atoms with Crippen LogP contribution in [0.3, 0.4) is 0 Å². The van der Waals surface area contributed by atoms with E-state index >= 15 is 0 Å². The van der Waals surface area contributed by atoms with Gasteiger partial charge in [-0.1, -0.05) is 43.9 Å². The van der Waals surface area contributed by atoms with Gasteiger partial charge in [-0.05, 0) is 30.9 Å². The highest BCUT2D eigenvalue weighted by Gasteiger charge is 2.14. The number of hydrogen-bond donors (Lipinski definition) is 2. The normalized spacial score (nSPS) is 15.6. The predicted octanol–water partition coefficient (Wildman–Crippen LogP) is 3.70. The van der Waals surface area contributed by atoms with Gasteiger partial charge in [0.25, 0.3) is 0 Å². The summed E-state index contributed by atoms with van der Waals surface area (Å²) in [6.07, 6.45) is 6.50. The van der Waals surface area contributed by atoms with Gasteiger partial charge in [0.15, 0.2) is 0 Å². The average molecular weight is 246 g/mol. The summed E-state index contributed by atoms with van der Waals surface area (Å²) in [5.41, 5.74) is 1.97. The van der Waals surface area contributed by atoms with Gasteiger partial charge in [-0.15, -0.1) is 0 Å². The fraction of sp³-hybridized carbons (Fsp3) is 0.533. The molecule has 0 aromatic heterocycles. The Labute approximate surface area is 109 Å². The van der Waals surface area contributed by atoms with Crippen molar-refractivity contribution in [2.45, 2.75) is 39.0 Å². The predicted molar refractivity (Wildman–Crippen MR) is 74.8 cm³/mol. The van der Waals surface area contributed by atoms with Crippen LogP contribution in [0.4, 0.5) is 10.5 Å². The van der Waals surface area contributed by atoms with Crippen LogP contribution in [0.5, 0.6) is 0 Å². The van der Waals surface area contributed by atoms with Gasteiger partial charge in [0.1, 0.15) is 0 Å². The molecule has 0 heterocycles. The van der Waals surface area contributed by atoms with Crippen LogP contribution in [-0.2, 0) is 0 Å². The molecule has 1 aliphatic rings. The van der Waals surface area contributed by atoms with Crippen LogP contribution in [0, 0.1) is 12.8 Å². The molecule has 0 radical (unpaired) electrons. The maximum absolute atomic E-state index is 11.7. The fourth-order valence-corrected chi connectivity index (χ4v) is 2.57. The standard InChI is InChI=1S/C15H22N2O/c1-12-6-2-5-9-14(12)17-15(18)16-11-10-13-7-3-4-8-13/h2,5-6,9,13H,3-4,7-8,10-11H2,1H3,(H2,16,17,18). The molecule has 98 valence electrons. The van der Waals surface area contributed by atoms with Crippen molar-refractivity contribution < 1.29 is 4.79 Å². The Kier molecular flexibility index (Phi) is 4.62. The van der Waals surface area contributed by atoms with Crippen molar-refractivity contribution in [3.63, 3.8) is 0 Å². The lowest BCUT2D eigenvalue weighted by Crippen LogP contribution is -2.30. The zero-order valence-corrected chi connectivity index (χ0v) is 11.0. The first-order valence-corrected chi connectivity index (χ1v) is 6.86. The average Bonchev–Trinajstić information content (AvgIpc) is 2.85. The Morgan fingerprint density at radius 1 is 1.28 bits per heavy atom. The molecular formula is C15H22N2O. The number of urea groups is 1. The Morgan fingerprint density at radius 3 is 2.72 bits per heavy atom. The highest BCUT2D eigenvalue weighted by molar-refractivity contribution is 5.89. The van der Waals surface area contributed by atoms with Crippen molar-refractivity contribution >= 4 is 11.7 Å². The molecule has 2 amide bonds. The Morgan fingerprint density at radius 2 is 2.00 bits per heavy atom. The third-order valence-corrected chi connectivity index (χ3v) is 3.71. The molecule has 0 spiro atoms. The van der Waals surface area contributed by atoms with Crippen LogP contribution in [0.1, 0.15) is 37.7 Å². The van der Waals surface area contributed by atoms with E-state index in [0.717, 1.165) is 30.1 Å².